The van der Waals surface area contributed by atoms with Crippen molar-refractivity contribution in [2.75, 3.05) is 6.61 Å². The fourth-order valence-electron chi connectivity index (χ4n) is 8.98. The molecule has 4 nitrogen and oxygen atoms in total. The van der Waals surface area contributed by atoms with Crippen LogP contribution in [-0.2, 0) is 14.3 Å². The number of carbonyl (C=O) groups excluding carboxylic acids is 1. The molecule has 0 amide bonds. The van der Waals surface area contributed by atoms with Crippen LogP contribution in [0.5, 0.6) is 0 Å². The molecule has 0 bridgehead atoms. The van der Waals surface area contributed by atoms with Crippen molar-refractivity contribution in [1.29, 1.82) is 0 Å². The van der Waals surface area contributed by atoms with Gasteiger partial charge in [-0.2, -0.15) is 0 Å². The smallest absolute Gasteiger partial charge is 0.312 e. The molecular weight excluding hydrogens is 388 g/mol. The minimum absolute atomic E-state index is 0.00826. The van der Waals surface area contributed by atoms with Crippen molar-refractivity contribution in [2.24, 2.45) is 28.6 Å². The van der Waals surface area contributed by atoms with Crippen LogP contribution < -0.4 is 0 Å². The summed E-state index contributed by atoms with van der Waals surface area (Å²) in [4.78, 5) is 12.8. The highest BCUT2D eigenvalue weighted by Crippen LogP contribution is 2.67. The quantitative estimate of drug-likeness (QED) is 0.573. The van der Waals surface area contributed by atoms with Crippen LogP contribution in [0.2, 0.25) is 0 Å². The Kier molecular flexibility index (Phi) is 5.53. The van der Waals surface area contributed by atoms with Crippen molar-refractivity contribution < 1.29 is 19.4 Å². The van der Waals surface area contributed by atoms with Crippen LogP contribution in [0.4, 0.5) is 0 Å². The number of esters is 1. The largest absolute Gasteiger partial charge is 0.462 e. The summed E-state index contributed by atoms with van der Waals surface area (Å²) in [7, 11) is 0. The molecular formula is C27H44O4. The summed E-state index contributed by atoms with van der Waals surface area (Å²) in [5, 5.41) is 12.3. The summed E-state index contributed by atoms with van der Waals surface area (Å²) in [5.41, 5.74) is -1.26. The summed E-state index contributed by atoms with van der Waals surface area (Å²) >= 11 is 0. The van der Waals surface area contributed by atoms with Gasteiger partial charge in [-0.05, 0) is 70.1 Å². The number of hydrogen-bond acceptors (Lipinski definition) is 4. The van der Waals surface area contributed by atoms with Gasteiger partial charge in [0.2, 0.25) is 0 Å². The van der Waals surface area contributed by atoms with E-state index in [-0.39, 0.29) is 34.9 Å². The number of carbonyl (C=O) groups is 1. The topological polar surface area (TPSA) is 55.8 Å². The third-order valence-electron chi connectivity index (χ3n) is 10.7. The number of hydrogen-bond donors (Lipinski definition) is 1. The second-order valence-corrected chi connectivity index (χ2v) is 12.5. The molecule has 1 N–H and O–H groups in total. The summed E-state index contributed by atoms with van der Waals surface area (Å²) in [6.45, 7) is 7.45. The van der Waals surface area contributed by atoms with Crippen LogP contribution in [0.3, 0.4) is 0 Å². The maximum Gasteiger partial charge on any atom is 0.312 e. The van der Waals surface area contributed by atoms with Gasteiger partial charge in [-0.1, -0.05) is 52.4 Å². The first-order valence-corrected chi connectivity index (χ1v) is 13.3. The molecule has 5 rings (SSSR count). The van der Waals surface area contributed by atoms with Gasteiger partial charge >= 0.3 is 5.97 Å². The van der Waals surface area contributed by atoms with E-state index in [9.17, 15) is 9.90 Å². The lowest BCUT2D eigenvalue weighted by atomic mass is 9.44. The highest BCUT2D eigenvalue weighted by Gasteiger charge is 2.71. The Morgan fingerprint density at radius 2 is 1.71 bits per heavy atom. The van der Waals surface area contributed by atoms with E-state index in [1.807, 2.05) is 0 Å². The lowest BCUT2D eigenvalue weighted by Gasteiger charge is -2.61. The van der Waals surface area contributed by atoms with Crippen LogP contribution in [0.15, 0.2) is 0 Å². The van der Waals surface area contributed by atoms with E-state index in [0.29, 0.717) is 5.92 Å². The fraction of sp³-hybridized carbons (Fsp3) is 0.963. The Bertz CT molecular complexity index is 697. The van der Waals surface area contributed by atoms with Crippen molar-refractivity contribution >= 4 is 5.97 Å². The minimum atomic E-state index is -0.722. The van der Waals surface area contributed by atoms with Gasteiger partial charge in [0.25, 0.3) is 0 Å². The van der Waals surface area contributed by atoms with Gasteiger partial charge in [0, 0.05) is 11.3 Å². The summed E-state index contributed by atoms with van der Waals surface area (Å²) in [6, 6.07) is 0. The molecule has 31 heavy (non-hydrogen) atoms. The molecule has 0 radical (unpaired) electrons. The van der Waals surface area contributed by atoms with Gasteiger partial charge in [-0.3, -0.25) is 4.79 Å². The molecule has 2 heterocycles. The second kappa shape index (κ2) is 7.72. The van der Waals surface area contributed by atoms with Gasteiger partial charge in [0.15, 0.2) is 0 Å². The van der Waals surface area contributed by atoms with Crippen molar-refractivity contribution in [1.82, 2.24) is 0 Å². The molecule has 2 unspecified atom stereocenters. The molecule has 176 valence electrons. The molecule has 2 saturated heterocycles. The lowest BCUT2D eigenvalue weighted by Crippen LogP contribution is -2.65. The first-order valence-electron chi connectivity index (χ1n) is 13.3. The zero-order valence-corrected chi connectivity index (χ0v) is 20.1. The van der Waals surface area contributed by atoms with Crippen LogP contribution in [-0.4, -0.2) is 35.0 Å². The van der Waals surface area contributed by atoms with Crippen LogP contribution >= 0.6 is 0 Å². The van der Waals surface area contributed by atoms with E-state index < -0.39 is 11.0 Å². The third kappa shape index (κ3) is 3.33. The normalized spacial score (nSPS) is 49.4. The second-order valence-electron chi connectivity index (χ2n) is 12.5. The first-order chi connectivity index (χ1) is 14.7. The van der Waals surface area contributed by atoms with Gasteiger partial charge in [0.05, 0.1) is 23.2 Å². The van der Waals surface area contributed by atoms with E-state index in [2.05, 4.69) is 20.8 Å². The maximum absolute atomic E-state index is 12.8. The average molecular weight is 433 g/mol. The Hall–Kier alpha value is -0.610. The summed E-state index contributed by atoms with van der Waals surface area (Å²) in [6.07, 6.45) is 15.9. The predicted molar refractivity (Wildman–Crippen MR) is 121 cm³/mol. The number of aliphatic hydroxyl groups is 1. The molecule has 0 aromatic heterocycles. The van der Waals surface area contributed by atoms with Gasteiger partial charge in [0.1, 0.15) is 6.10 Å². The van der Waals surface area contributed by atoms with E-state index in [4.69, 9.17) is 9.47 Å². The fourth-order valence-corrected chi connectivity index (χ4v) is 8.98. The number of ether oxygens (including phenoxy) is 2. The highest BCUT2D eigenvalue weighted by molar-refractivity contribution is 5.80. The lowest BCUT2D eigenvalue weighted by molar-refractivity contribution is -0.219. The van der Waals surface area contributed by atoms with Crippen molar-refractivity contribution in [3.8, 4) is 0 Å². The van der Waals surface area contributed by atoms with Crippen LogP contribution in [0, 0.1) is 28.6 Å². The average Bonchev–Trinajstić information content (AvgIpc) is 3.22. The predicted octanol–water partition coefficient (Wildman–Crippen LogP) is 5.80. The minimum Gasteiger partial charge on any atom is -0.462 e. The monoisotopic (exact) mass is 432 g/mol. The molecule has 0 aromatic rings. The summed E-state index contributed by atoms with van der Waals surface area (Å²) < 4.78 is 12.4. The van der Waals surface area contributed by atoms with Crippen molar-refractivity contribution in [3.05, 3.63) is 0 Å². The first kappa shape index (κ1) is 22.2. The highest BCUT2D eigenvalue weighted by atomic mass is 16.6. The van der Waals surface area contributed by atoms with E-state index in [1.54, 1.807) is 0 Å². The number of rotatable bonds is 3. The van der Waals surface area contributed by atoms with E-state index in [0.717, 1.165) is 45.1 Å². The molecule has 5 aliphatic rings. The molecule has 3 saturated carbocycles. The maximum atomic E-state index is 12.8. The zero-order valence-electron chi connectivity index (χ0n) is 20.1. The SMILES string of the molecule is C[C@@H]1C[C@H]2OC(=O)[C@@]3(C)CCC[C@](C)(C23)[C@@]1(O)CCC1COC2(CCCCCCC2)C1. The van der Waals surface area contributed by atoms with Crippen LogP contribution in [0.1, 0.15) is 111 Å². The standard InChI is InChI=1S/C27H44O4/c1-19-16-21-22-24(2,23(28)31-21)11-9-12-25(22,3)27(19,29)15-10-20-17-26(30-18-20)13-7-5-4-6-8-14-26/h19-22,29H,4-18H2,1-3H3/t19-,20?,21-,22?,24+,25-,27-/m1/s1. The van der Waals surface area contributed by atoms with Crippen LogP contribution in [0.25, 0.3) is 0 Å². The molecule has 0 aromatic carbocycles. The molecule has 4 heteroatoms. The molecule has 7 atom stereocenters. The zero-order chi connectivity index (χ0) is 21.9. The Labute approximate surface area is 188 Å². The van der Waals surface area contributed by atoms with Gasteiger partial charge in [-0.25, -0.2) is 0 Å². The Balaban J connectivity index is 1.31. The Morgan fingerprint density at radius 3 is 2.45 bits per heavy atom. The molecule has 3 aliphatic carbocycles. The van der Waals surface area contributed by atoms with Gasteiger partial charge < -0.3 is 14.6 Å². The molecule has 5 fully saturated rings. The van der Waals surface area contributed by atoms with Crippen molar-refractivity contribution in [3.63, 3.8) is 0 Å². The third-order valence-corrected chi connectivity index (χ3v) is 10.7. The Morgan fingerprint density at radius 1 is 1.00 bits per heavy atom. The van der Waals surface area contributed by atoms with E-state index >= 15 is 0 Å². The van der Waals surface area contributed by atoms with Crippen molar-refractivity contribution in [2.45, 2.75) is 128 Å². The summed E-state index contributed by atoms with van der Waals surface area (Å²) in [5.74, 6) is 0.859. The molecule has 2 aliphatic heterocycles. The molecule has 1 spiro atoms. The van der Waals surface area contributed by atoms with Gasteiger partial charge in [-0.15, -0.1) is 0 Å². The van der Waals surface area contributed by atoms with E-state index in [1.165, 1.54) is 51.4 Å².